The lowest BCUT2D eigenvalue weighted by Crippen LogP contribution is -2.37. The Morgan fingerprint density at radius 1 is 1.31 bits per heavy atom. The Bertz CT molecular complexity index is 598. The fourth-order valence-corrected chi connectivity index (χ4v) is 2.24. The molecule has 0 spiro atoms. The molecule has 1 aromatic carbocycles. The summed E-state index contributed by atoms with van der Waals surface area (Å²) in [5, 5.41) is 9.07. The molecule has 0 unspecified atom stereocenters. The smallest absolute Gasteiger partial charge is 0.387 e. The van der Waals surface area contributed by atoms with Gasteiger partial charge in [-0.15, -0.1) is 24.0 Å². The van der Waals surface area contributed by atoms with Crippen molar-refractivity contribution < 1.29 is 18.3 Å². The molecule has 0 heterocycles. The summed E-state index contributed by atoms with van der Waals surface area (Å²) in [4.78, 5) is 15.7. The quantitative estimate of drug-likeness (QED) is 0.219. The average molecular weight is 482 g/mol. The van der Waals surface area contributed by atoms with Gasteiger partial charge in [-0.3, -0.25) is 9.79 Å². The third kappa shape index (κ3) is 8.63. The molecule has 0 aliphatic heterocycles. The highest BCUT2D eigenvalue weighted by atomic mass is 127. The van der Waals surface area contributed by atoms with Gasteiger partial charge in [-0.05, 0) is 25.3 Å². The second-order valence-electron chi connectivity index (χ2n) is 5.78. The van der Waals surface area contributed by atoms with Gasteiger partial charge in [0.25, 0.3) is 0 Å². The molecule has 1 saturated carbocycles. The summed E-state index contributed by atoms with van der Waals surface area (Å²) in [5.41, 5.74) is 0.606. The average Bonchev–Trinajstić information content (AvgIpc) is 3.39. The standard InChI is InChI=1S/C17H24F2N4O2.HI/c1-20-17(21-10-4-7-15(24)23-13-8-9-13)22-11-12-5-2-3-6-14(12)25-16(18)19;/h2-3,5-6,13,16H,4,7-11H2,1H3,(H,23,24)(H2,20,21,22);1H. The molecule has 1 aliphatic rings. The van der Waals surface area contributed by atoms with Gasteiger partial charge >= 0.3 is 6.61 Å². The van der Waals surface area contributed by atoms with Crippen LogP contribution >= 0.6 is 24.0 Å². The monoisotopic (exact) mass is 482 g/mol. The highest BCUT2D eigenvalue weighted by Gasteiger charge is 2.22. The molecule has 1 amide bonds. The molecule has 1 aromatic rings. The summed E-state index contributed by atoms with van der Waals surface area (Å²) in [5.74, 6) is 0.747. The van der Waals surface area contributed by atoms with Crippen molar-refractivity contribution in [2.45, 2.75) is 44.9 Å². The maximum Gasteiger partial charge on any atom is 0.387 e. The number of halogens is 3. The largest absolute Gasteiger partial charge is 0.434 e. The summed E-state index contributed by atoms with van der Waals surface area (Å²) in [7, 11) is 1.62. The minimum atomic E-state index is -2.86. The van der Waals surface area contributed by atoms with Crippen molar-refractivity contribution in [1.82, 2.24) is 16.0 Å². The Kier molecular flexibility index (Phi) is 10.2. The van der Waals surface area contributed by atoms with Crippen LogP contribution in [0.15, 0.2) is 29.3 Å². The zero-order chi connectivity index (χ0) is 18.1. The van der Waals surface area contributed by atoms with Gasteiger partial charge in [0.2, 0.25) is 5.91 Å². The predicted octanol–water partition coefficient (Wildman–Crippen LogP) is 2.63. The highest BCUT2D eigenvalue weighted by molar-refractivity contribution is 14.0. The zero-order valence-corrected chi connectivity index (χ0v) is 17.0. The van der Waals surface area contributed by atoms with E-state index in [9.17, 15) is 13.6 Å². The van der Waals surface area contributed by atoms with Crippen LogP contribution in [0, 0.1) is 0 Å². The number of hydrogen-bond donors (Lipinski definition) is 3. The van der Waals surface area contributed by atoms with Gasteiger partial charge in [-0.2, -0.15) is 8.78 Å². The van der Waals surface area contributed by atoms with Crippen molar-refractivity contribution >= 4 is 35.8 Å². The highest BCUT2D eigenvalue weighted by Crippen LogP contribution is 2.20. The second-order valence-corrected chi connectivity index (χ2v) is 5.78. The first-order valence-electron chi connectivity index (χ1n) is 8.35. The number of nitrogens with zero attached hydrogens (tertiary/aromatic N) is 1. The Balaban J connectivity index is 0.00000338. The molecule has 6 nitrogen and oxygen atoms in total. The molecule has 0 saturated heterocycles. The van der Waals surface area contributed by atoms with Crippen molar-refractivity contribution in [1.29, 1.82) is 0 Å². The Morgan fingerprint density at radius 2 is 2.04 bits per heavy atom. The summed E-state index contributed by atoms with van der Waals surface area (Å²) in [6.07, 6.45) is 3.31. The topological polar surface area (TPSA) is 74.8 Å². The number of ether oxygens (including phenoxy) is 1. The number of aliphatic imine (C=N–C) groups is 1. The number of amides is 1. The summed E-state index contributed by atoms with van der Waals surface area (Å²) >= 11 is 0. The van der Waals surface area contributed by atoms with Crippen LogP contribution in [0.1, 0.15) is 31.2 Å². The second kappa shape index (κ2) is 11.9. The van der Waals surface area contributed by atoms with E-state index in [1.54, 1.807) is 25.2 Å². The number of carbonyl (C=O) groups excluding carboxylic acids is 1. The Morgan fingerprint density at radius 3 is 2.69 bits per heavy atom. The number of para-hydroxylation sites is 1. The van der Waals surface area contributed by atoms with Crippen LogP contribution in [-0.4, -0.2) is 38.1 Å². The normalized spacial score (nSPS) is 13.8. The number of benzene rings is 1. The number of rotatable bonds is 9. The molecule has 1 fully saturated rings. The molecule has 0 atom stereocenters. The maximum atomic E-state index is 12.4. The lowest BCUT2D eigenvalue weighted by Gasteiger charge is -2.14. The number of carbonyl (C=O) groups is 1. The maximum absolute atomic E-state index is 12.4. The van der Waals surface area contributed by atoms with Crippen LogP contribution in [0.3, 0.4) is 0 Å². The van der Waals surface area contributed by atoms with Crippen molar-refractivity contribution in [3.63, 3.8) is 0 Å². The van der Waals surface area contributed by atoms with Crippen LogP contribution in [0.2, 0.25) is 0 Å². The van der Waals surface area contributed by atoms with Crippen molar-refractivity contribution in [3.05, 3.63) is 29.8 Å². The first-order valence-corrected chi connectivity index (χ1v) is 8.35. The minimum absolute atomic E-state index is 0. The molecule has 146 valence electrons. The molecule has 1 aliphatic carbocycles. The van der Waals surface area contributed by atoms with Crippen LogP contribution in [0.4, 0.5) is 8.78 Å². The molecule has 3 N–H and O–H groups in total. The first-order chi connectivity index (χ1) is 12.1. The molecule has 0 bridgehead atoms. The van der Waals surface area contributed by atoms with Crippen molar-refractivity contribution in [2.24, 2.45) is 4.99 Å². The van der Waals surface area contributed by atoms with E-state index in [2.05, 4.69) is 25.7 Å². The van der Waals surface area contributed by atoms with E-state index in [4.69, 9.17) is 0 Å². The first kappa shape index (κ1) is 22.4. The van der Waals surface area contributed by atoms with Gasteiger partial charge in [0.05, 0.1) is 0 Å². The summed E-state index contributed by atoms with van der Waals surface area (Å²) < 4.78 is 29.3. The van der Waals surface area contributed by atoms with E-state index in [1.165, 1.54) is 6.07 Å². The van der Waals surface area contributed by atoms with Gasteiger partial charge in [0, 0.05) is 38.2 Å². The Hall–Kier alpha value is -1.65. The SMILES string of the molecule is CN=C(NCCCC(=O)NC1CC1)NCc1ccccc1OC(F)F.I. The fourth-order valence-electron chi connectivity index (χ4n) is 2.24. The molecule has 26 heavy (non-hydrogen) atoms. The number of alkyl halides is 2. The molecule has 2 rings (SSSR count). The van der Waals surface area contributed by atoms with Gasteiger partial charge in [0.15, 0.2) is 5.96 Å². The van der Waals surface area contributed by atoms with Crippen LogP contribution < -0.4 is 20.7 Å². The van der Waals surface area contributed by atoms with Crippen LogP contribution in [-0.2, 0) is 11.3 Å². The van der Waals surface area contributed by atoms with Gasteiger partial charge < -0.3 is 20.7 Å². The predicted molar refractivity (Wildman–Crippen MR) is 107 cm³/mol. The number of hydrogen-bond acceptors (Lipinski definition) is 3. The van der Waals surface area contributed by atoms with Crippen molar-refractivity contribution in [3.8, 4) is 5.75 Å². The minimum Gasteiger partial charge on any atom is -0.434 e. The van der Waals surface area contributed by atoms with Crippen molar-refractivity contribution in [2.75, 3.05) is 13.6 Å². The summed E-state index contributed by atoms with van der Waals surface area (Å²) in [6.45, 7) is -1.97. The van der Waals surface area contributed by atoms with Crippen LogP contribution in [0.5, 0.6) is 5.75 Å². The zero-order valence-electron chi connectivity index (χ0n) is 14.6. The third-order valence-corrected chi connectivity index (χ3v) is 3.67. The lowest BCUT2D eigenvalue weighted by molar-refractivity contribution is -0.121. The van der Waals surface area contributed by atoms with E-state index >= 15 is 0 Å². The number of guanidine groups is 1. The number of nitrogens with one attached hydrogen (secondary N) is 3. The molecular formula is C17H25F2IN4O2. The van der Waals surface area contributed by atoms with Gasteiger partial charge in [-0.25, -0.2) is 0 Å². The van der Waals surface area contributed by atoms with E-state index in [0.29, 0.717) is 43.5 Å². The van der Waals surface area contributed by atoms with Gasteiger partial charge in [-0.1, -0.05) is 18.2 Å². The van der Waals surface area contributed by atoms with Crippen LogP contribution in [0.25, 0.3) is 0 Å². The van der Waals surface area contributed by atoms with Gasteiger partial charge in [0.1, 0.15) is 5.75 Å². The fraction of sp³-hybridized carbons (Fsp3) is 0.529. The van der Waals surface area contributed by atoms with E-state index < -0.39 is 6.61 Å². The third-order valence-electron chi connectivity index (χ3n) is 3.67. The molecule has 0 aromatic heterocycles. The van der Waals surface area contributed by atoms with E-state index in [1.807, 2.05) is 0 Å². The molecule has 0 radical (unpaired) electrons. The Labute approximate surface area is 169 Å². The lowest BCUT2D eigenvalue weighted by atomic mass is 10.2. The van der Waals surface area contributed by atoms with E-state index in [0.717, 1.165) is 12.8 Å². The summed E-state index contributed by atoms with van der Waals surface area (Å²) in [6, 6.07) is 6.98. The molecule has 9 heteroatoms. The van der Waals surface area contributed by atoms with E-state index in [-0.39, 0.29) is 35.6 Å². The molecular weight excluding hydrogens is 457 g/mol.